The normalized spacial score (nSPS) is 13.2. The Labute approximate surface area is 207 Å². The third-order valence-corrected chi connectivity index (χ3v) is 6.30. The molecule has 0 unspecified atom stereocenters. The summed E-state index contributed by atoms with van der Waals surface area (Å²) in [5.74, 6) is 3.08. The van der Waals surface area contributed by atoms with E-state index in [4.69, 9.17) is 30.5 Å². The summed E-state index contributed by atoms with van der Waals surface area (Å²) in [6.07, 6.45) is 3.09. The molecule has 0 amide bonds. The summed E-state index contributed by atoms with van der Waals surface area (Å²) in [7, 11) is 1.66. The van der Waals surface area contributed by atoms with Crippen LogP contribution in [0.2, 0.25) is 5.02 Å². The zero-order valence-corrected chi connectivity index (χ0v) is 20.3. The summed E-state index contributed by atoms with van der Waals surface area (Å²) in [4.78, 5) is 0. The highest BCUT2D eigenvalue weighted by molar-refractivity contribution is 6.30. The minimum atomic E-state index is 0. The van der Waals surface area contributed by atoms with Crippen LogP contribution in [0, 0.1) is 0 Å². The predicted molar refractivity (Wildman–Crippen MR) is 122 cm³/mol. The van der Waals surface area contributed by atoms with E-state index >= 15 is 0 Å². The molecule has 0 bridgehead atoms. The van der Waals surface area contributed by atoms with Gasteiger partial charge in [0.15, 0.2) is 35.7 Å². The summed E-state index contributed by atoms with van der Waals surface area (Å²) in [5, 5.41) is 2.79. The van der Waals surface area contributed by atoms with E-state index in [-0.39, 0.29) is 23.8 Å². The maximum absolute atomic E-state index is 6.27. The first-order valence-corrected chi connectivity index (χ1v) is 10.9. The Morgan fingerprint density at radius 1 is 1.03 bits per heavy atom. The summed E-state index contributed by atoms with van der Waals surface area (Å²) in [6.45, 7) is 1.57. The van der Waals surface area contributed by atoms with Gasteiger partial charge in [0.25, 0.3) is 0 Å². The van der Waals surface area contributed by atoms with Crippen molar-refractivity contribution >= 4 is 22.4 Å². The molecule has 7 heteroatoms. The van der Waals surface area contributed by atoms with E-state index in [2.05, 4.69) is 35.0 Å². The molecule has 0 saturated heterocycles. The molecule has 0 aliphatic carbocycles. The van der Waals surface area contributed by atoms with Crippen LogP contribution in [-0.2, 0) is 19.6 Å². The zero-order chi connectivity index (χ0) is 21.7. The largest absolute Gasteiger partial charge is 1.00 e. The molecule has 3 aromatic carbocycles. The number of methoxy groups -OCH3 is 1. The molecule has 0 spiro atoms. The molecule has 0 atom stereocenters. The number of nitrogens with zero attached hydrogens (tertiary/aromatic N) is 1. The first kappa shape index (κ1) is 21.9. The Morgan fingerprint density at radius 2 is 1.88 bits per heavy atom. The number of hydrogen-bond donors (Lipinski definition) is 0. The quantitative estimate of drug-likeness (QED) is 0.383. The molecule has 3 heterocycles. The molecule has 0 radical (unpaired) electrons. The van der Waals surface area contributed by atoms with Gasteiger partial charge < -0.3 is 35.9 Å². The average Bonchev–Trinajstić information content (AvgIpc) is 3.27. The van der Waals surface area contributed by atoms with Crippen molar-refractivity contribution in [2.24, 2.45) is 0 Å². The van der Waals surface area contributed by atoms with Crippen molar-refractivity contribution in [3.8, 4) is 34.3 Å². The smallest absolute Gasteiger partial charge is 0.231 e. The van der Waals surface area contributed by atoms with Crippen molar-refractivity contribution in [3.63, 3.8) is 0 Å². The fourth-order valence-corrected chi connectivity index (χ4v) is 4.70. The number of aromatic nitrogens is 1. The van der Waals surface area contributed by atoms with Gasteiger partial charge in [0.2, 0.25) is 12.5 Å². The molecule has 5 nitrogen and oxygen atoms in total. The summed E-state index contributed by atoms with van der Waals surface area (Å²) < 4.78 is 25.4. The number of aryl methyl sites for hydroxylation is 2. The molecule has 1 aromatic heterocycles. The van der Waals surface area contributed by atoms with Crippen LogP contribution in [0.15, 0.2) is 60.8 Å². The molecule has 0 fully saturated rings. The highest BCUT2D eigenvalue weighted by atomic mass is 79.9. The number of pyridine rings is 1. The van der Waals surface area contributed by atoms with Crippen LogP contribution in [0.5, 0.6) is 23.0 Å². The minimum absolute atomic E-state index is 0. The molecular weight excluding hydrogens is 506 g/mol. The van der Waals surface area contributed by atoms with Crippen molar-refractivity contribution in [2.45, 2.75) is 19.6 Å². The second kappa shape index (κ2) is 8.76. The third kappa shape index (κ3) is 3.87. The van der Waals surface area contributed by atoms with E-state index in [0.29, 0.717) is 17.4 Å². The fourth-order valence-electron chi connectivity index (χ4n) is 4.49. The average molecular weight is 527 g/mol. The lowest BCUT2D eigenvalue weighted by atomic mass is 9.95. The third-order valence-electron chi connectivity index (χ3n) is 6.07. The highest BCUT2D eigenvalue weighted by Gasteiger charge is 2.28. The Bertz CT molecular complexity index is 1370. The topological polar surface area (TPSA) is 40.8 Å². The first-order chi connectivity index (χ1) is 15.7. The lowest BCUT2D eigenvalue weighted by Gasteiger charge is -2.18. The van der Waals surface area contributed by atoms with Gasteiger partial charge in [-0.1, -0.05) is 23.7 Å². The van der Waals surface area contributed by atoms with Crippen molar-refractivity contribution in [2.75, 3.05) is 13.9 Å². The van der Waals surface area contributed by atoms with Crippen molar-refractivity contribution in [1.29, 1.82) is 0 Å². The highest BCUT2D eigenvalue weighted by Crippen LogP contribution is 2.41. The van der Waals surface area contributed by atoms with Crippen molar-refractivity contribution in [1.82, 2.24) is 0 Å². The molecule has 4 aromatic rings. The zero-order valence-electron chi connectivity index (χ0n) is 17.9. The Kier molecular flexibility index (Phi) is 5.81. The Balaban J connectivity index is 0.00000228. The van der Waals surface area contributed by atoms with Crippen LogP contribution < -0.4 is 40.5 Å². The second-order valence-electron chi connectivity index (χ2n) is 7.98. The van der Waals surface area contributed by atoms with Gasteiger partial charge in [-0.15, -0.1) is 0 Å². The number of halogens is 2. The second-order valence-corrected chi connectivity index (χ2v) is 8.42. The number of benzene rings is 3. The van der Waals surface area contributed by atoms with E-state index in [1.807, 2.05) is 30.3 Å². The lowest BCUT2D eigenvalue weighted by Crippen LogP contribution is -3.00. The monoisotopic (exact) mass is 525 g/mol. The summed E-state index contributed by atoms with van der Waals surface area (Å²) in [6, 6.07) is 18.1. The number of fused-ring (bicyclic) bond motifs is 5. The maximum atomic E-state index is 6.27. The van der Waals surface area contributed by atoms with Gasteiger partial charge >= 0.3 is 0 Å². The van der Waals surface area contributed by atoms with E-state index in [9.17, 15) is 0 Å². The van der Waals surface area contributed by atoms with Gasteiger partial charge in [0, 0.05) is 17.5 Å². The number of ether oxygens (including phenoxy) is 4. The molecule has 6 rings (SSSR count). The standard InChI is InChI=1S/C26H21ClNO4.BrH/c1-29-23-6-5-17-10-22-20-12-25-24(31-15-32-25)11-18(20)7-8-28(22)13-21(17)26(23)30-14-16-3-2-4-19(27)9-16;/h2-6,9-13H,7-8,14-15H2,1H3;1H/q+1;/p-1. The minimum Gasteiger partial charge on any atom is -1.00 e. The summed E-state index contributed by atoms with van der Waals surface area (Å²) in [5.41, 5.74) is 4.62. The van der Waals surface area contributed by atoms with Gasteiger partial charge in [-0.05, 0) is 52.9 Å². The van der Waals surface area contributed by atoms with Crippen LogP contribution >= 0.6 is 11.6 Å². The molecule has 0 N–H and O–H groups in total. The Hall–Kier alpha value is -2.96. The van der Waals surface area contributed by atoms with Gasteiger partial charge in [-0.25, -0.2) is 0 Å². The molecule has 0 saturated carbocycles. The van der Waals surface area contributed by atoms with Crippen LogP contribution in [0.25, 0.3) is 22.0 Å². The van der Waals surface area contributed by atoms with Crippen LogP contribution in [0.1, 0.15) is 11.1 Å². The van der Waals surface area contributed by atoms with Crippen LogP contribution in [-0.4, -0.2) is 13.9 Å². The number of hydrogen-bond acceptors (Lipinski definition) is 4. The molecular formula is C26H21BrClNO4. The molecule has 33 heavy (non-hydrogen) atoms. The predicted octanol–water partition coefficient (Wildman–Crippen LogP) is 2.32. The van der Waals surface area contributed by atoms with Gasteiger partial charge in [0.05, 0.1) is 18.1 Å². The molecule has 2 aliphatic heterocycles. The van der Waals surface area contributed by atoms with E-state index < -0.39 is 0 Å². The van der Waals surface area contributed by atoms with Gasteiger partial charge in [0.1, 0.15) is 6.61 Å². The van der Waals surface area contributed by atoms with Crippen LogP contribution in [0.3, 0.4) is 0 Å². The van der Waals surface area contributed by atoms with Crippen molar-refractivity contribution in [3.05, 3.63) is 76.9 Å². The number of rotatable bonds is 4. The van der Waals surface area contributed by atoms with Crippen LogP contribution in [0.4, 0.5) is 0 Å². The van der Waals surface area contributed by atoms with Gasteiger partial charge in [-0.3, -0.25) is 0 Å². The van der Waals surface area contributed by atoms with E-state index in [1.54, 1.807) is 7.11 Å². The molecule has 168 valence electrons. The summed E-state index contributed by atoms with van der Waals surface area (Å²) >= 11 is 6.14. The Morgan fingerprint density at radius 3 is 2.70 bits per heavy atom. The first-order valence-electron chi connectivity index (χ1n) is 10.5. The van der Waals surface area contributed by atoms with E-state index in [0.717, 1.165) is 52.2 Å². The van der Waals surface area contributed by atoms with Gasteiger partial charge in [-0.2, -0.15) is 4.57 Å². The maximum Gasteiger partial charge on any atom is 0.231 e. The fraction of sp³-hybridized carbons (Fsp3) is 0.192. The van der Waals surface area contributed by atoms with Crippen molar-refractivity contribution < 1.29 is 40.5 Å². The van der Waals surface area contributed by atoms with E-state index in [1.165, 1.54) is 11.1 Å². The molecule has 2 aliphatic rings. The lowest BCUT2D eigenvalue weighted by molar-refractivity contribution is -0.686. The SMILES string of the molecule is COc1ccc2cc3[n+](cc2c1OCc1cccc(Cl)c1)CCc1cc2c(cc1-3)OCO2.[Br-].